The van der Waals surface area contributed by atoms with Crippen LogP contribution in [0.5, 0.6) is 0 Å². The van der Waals surface area contributed by atoms with Gasteiger partial charge in [-0.3, -0.25) is 9.59 Å². The summed E-state index contributed by atoms with van der Waals surface area (Å²) in [6.45, 7) is 0. The van der Waals surface area contributed by atoms with Crippen molar-refractivity contribution < 1.29 is 9.59 Å². The Bertz CT molecular complexity index is 759. The minimum atomic E-state index is -0.276. The van der Waals surface area contributed by atoms with E-state index in [0.717, 1.165) is 11.3 Å². The fourth-order valence-electron chi connectivity index (χ4n) is 2.99. The number of halogens is 1. The maximum Gasteiger partial charge on any atom is 0.224 e. The van der Waals surface area contributed by atoms with Gasteiger partial charge >= 0.3 is 0 Å². The van der Waals surface area contributed by atoms with E-state index >= 15 is 0 Å². The van der Waals surface area contributed by atoms with Gasteiger partial charge in [0.05, 0.1) is 36.7 Å². The Kier molecular flexibility index (Phi) is 4.85. The summed E-state index contributed by atoms with van der Waals surface area (Å²) in [6.07, 6.45) is 4.65. The van der Waals surface area contributed by atoms with Crippen molar-refractivity contribution in [3.63, 3.8) is 0 Å². The number of rotatable bonds is 4. The molecule has 2 N–H and O–H groups in total. The van der Waals surface area contributed by atoms with Gasteiger partial charge in [-0.1, -0.05) is 23.7 Å². The van der Waals surface area contributed by atoms with Crippen LogP contribution in [0.15, 0.2) is 36.8 Å². The van der Waals surface area contributed by atoms with Gasteiger partial charge < -0.3 is 15.2 Å². The Morgan fingerprint density at radius 2 is 2.33 bits per heavy atom. The molecule has 0 saturated carbocycles. The summed E-state index contributed by atoms with van der Waals surface area (Å²) in [6, 6.07) is 6.81. The molecule has 1 aromatic carbocycles. The van der Waals surface area contributed by atoms with Crippen LogP contribution in [0.3, 0.4) is 0 Å². The van der Waals surface area contributed by atoms with Crippen LogP contribution in [0.25, 0.3) is 0 Å². The van der Waals surface area contributed by atoms with Gasteiger partial charge in [-0.25, -0.2) is 4.98 Å². The number of amides is 2. The monoisotopic (exact) mass is 346 g/mol. The van der Waals surface area contributed by atoms with Crippen LogP contribution in [0.2, 0.25) is 5.02 Å². The second kappa shape index (κ2) is 7.05. The van der Waals surface area contributed by atoms with E-state index in [1.165, 1.54) is 0 Å². The Hall–Kier alpha value is -2.34. The average molecular weight is 347 g/mol. The van der Waals surface area contributed by atoms with Crippen molar-refractivity contribution in [2.24, 2.45) is 7.05 Å². The van der Waals surface area contributed by atoms with Gasteiger partial charge in [0.1, 0.15) is 0 Å². The zero-order valence-electron chi connectivity index (χ0n) is 13.3. The van der Waals surface area contributed by atoms with Gasteiger partial charge in [-0.2, -0.15) is 0 Å². The lowest BCUT2D eigenvalue weighted by atomic mass is 9.95. The molecule has 2 aromatic rings. The van der Waals surface area contributed by atoms with E-state index in [4.69, 9.17) is 11.6 Å². The molecule has 2 atom stereocenters. The zero-order valence-corrected chi connectivity index (χ0v) is 14.1. The molecule has 6 nitrogen and oxygen atoms in total. The second-order valence-electron chi connectivity index (χ2n) is 5.99. The standard InChI is InChI=1S/C17H19ClN4O2/c1-22-10-19-9-14(22)17-13(5-6-15(23)21-17)20-16(24)8-11-3-2-4-12(18)7-11/h2-4,7,9-10,13,17H,5-6,8H2,1H3,(H,20,24)(H,21,23)/t13-,17-/m1/s1. The van der Waals surface area contributed by atoms with Crippen molar-refractivity contribution in [2.45, 2.75) is 31.3 Å². The van der Waals surface area contributed by atoms with Crippen molar-refractivity contribution in [1.29, 1.82) is 0 Å². The first-order valence-electron chi connectivity index (χ1n) is 7.82. The first kappa shape index (κ1) is 16.5. The normalized spacial score (nSPS) is 20.5. The van der Waals surface area contributed by atoms with Crippen molar-refractivity contribution in [3.8, 4) is 0 Å². The summed E-state index contributed by atoms with van der Waals surface area (Å²) < 4.78 is 1.85. The fraction of sp³-hybridized carbons (Fsp3) is 0.353. The van der Waals surface area contributed by atoms with Gasteiger partial charge in [0, 0.05) is 18.5 Å². The van der Waals surface area contributed by atoms with E-state index in [9.17, 15) is 9.59 Å². The van der Waals surface area contributed by atoms with Gasteiger partial charge in [0.25, 0.3) is 0 Å². The van der Waals surface area contributed by atoms with Crippen LogP contribution in [0, 0.1) is 0 Å². The van der Waals surface area contributed by atoms with E-state index in [1.54, 1.807) is 24.7 Å². The summed E-state index contributed by atoms with van der Waals surface area (Å²) in [7, 11) is 1.87. The van der Waals surface area contributed by atoms with Crippen molar-refractivity contribution >= 4 is 23.4 Å². The molecule has 1 aliphatic rings. The first-order valence-corrected chi connectivity index (χ1v) is 8.20. The number of hydrogen-bond donors (Lipinski definition) is 2. The number of piperidine rings is 1. The smallest absolute Gasteiger partial charge is 0.224 e. The van der Waals surface area contributed by atoms with Crippen LogP contribution in [0.1, 0.15) is 30.1 Å². The summed E-state index contributed by atoms with van der Waals surface area (Å²) in [5, 5.41) is 6.60. The molecule has 1 aliphatic heterocycles. The molecule has 0 aliphatic carbocycles. The quantitative estimate of drug-likeness (QED) is 0.885. The largest absolute Gasteiger partial charge is 0.351 e. The Morgan fingerprint density at radius 3 is 3.04 bits per heavy atom. The molecule has 2 heterocycles. The highest BCUT2D eigenvalue weighted by Gasteiger charge is 2.32. The van der Waals surface area contributed by atoms with Crippen molar-refractivity contribution in [1.82, 2.24) is 20.2 Å². The summed E-state index contributed by atoms with van der Waals surface area (Å²) in [4.78, 5) is 28.3. The number of benzene rings is 1. The highest BCUT2D eigenvalue weighted by Crippen LogP contribution is 2.24. The molecule has 0 radical (unpaired) electrons. The highest BCUT2D eigenvalue weighted by atomic mass is 35.5. The van der Waals surface area contributed by atoms with Crippen LogP contribution in [-0.2, 0) is 23.1 Å². The number of imidazole rings is 1. The van der Waals surface area contributed by atoms with E-state index < -0.39 is 0 Å². The third-order valence-electron chi connectivity index (χ3n) is 4.17. The Morgan fingerprint density at radius 1 is 1.50 bits per heavy atom. The number of aryl methyl sites for hydroxylation is 1. The van der Waals surface area contributed by atoms with Gasteiger partial charge in [-0.05, 0) is 24.1 Å². The van der Waals surface area contributed by atoms with E-state index in [1.807, 2.05) is 23.7 Å². The number of aromatic nitrogens is 2. The average Bonchev–Trinajstić information content (AvgIpc) is 2.95. The number of hydrogen-bond acceptors (Lipinski definition) is 3. The van der Waals surface area contributed by atoms with Crippen LogP contribution >= 0.6 is 11.6 Å². The lowest BCUT2D eigenvalue weighted by Gasteiger charge is -2.33. The lowest BCUT2D eigenvalue weighted by molar-refractivity contribution is -0.126. The van der Waals surface area contributed by atoms with Gasteiger partial charge in [0.2, 0.25) is 11.8 Å². The SMILES string of the molecule is Cn1cncc1[C@@H]1NC(=O)CC[C@H]1NC(=O)Cc1cccc(Cl)c1. The topological polar surface area (TPSA) is 76.0 Å². The van der Waals surface area contributed by atoms with Crippen LogP contribution in [-0.4, -0.2) is 27.4 Å². The summed E-state index contributed by atoms with van der Waals surface area (Å²) in [5.41, 5.74) is 1.73. The molecule has 1 saturated heterocycles. The second-order valence-corrected chi connectivity index (χ2v) is 6.43. The molecule has 7 heteroatoms. The maximum absolute atomic E-state index is 12.4. The van der Waals surface area contributed by atoms with Gasteiger partial charge in [0.15, 0.2) is 0 Å². The summed E-state index contributed by atoms with van der Waals surface area (Å²) >= 11 is 5.96. The van der Waals surface area contributed by atoms with Gasteiger partial charge in [-0.15, -0.1) is 0 Å². The Labute approximate surface area is 145 Å². The third kappa shape index (κ3) is 3.76. The predicted octanol–water partition coefficient (Wildman–Crippen LogP) is 1.75. The van der Waals surface area contributed by atoms with E-state index in [0.29, 0.717) is 17.9 Å². The number of nitrogens with zero attached hydrogens (tertiary/aromatic N) is 2. The highest BCUT2D eigenvalue weighted by molar-refractivity contribution is 6.30. The molecule has 1 aromatic heterocycles. The number of nitrogens with one attached hydrogen (secondary N) is 2. The minimum absolute atomic E-state index is 0.0125. The van der Waals surface area contributed by atoms with Crippen molar-refractivity contribution in [3.05, 3.63) is 53.1 Å². The molecular formula is C17H19ClN4O2. The van der Waals surface area contributed by atoms with Crippen LogP contribution in [0.4, 0.5) is 0 Å². The molecule has 1 fully saturated rings. The molecule has 126 valence electrons. The molecule has 3 rings (SSSR count). The molecule has 0 spiro atoms. The Balaban J connectivity index is 1.71. The number of carbonyl (C=O) groups excluding carboxylic acids is 2. The molecule has 0 bridgehead atoms. The molecule has 2 amide bonds. The third-order valence-corrected chi connectivity index (χ3v) is 4.41. The molecule has 0 unspecified atom stereocenters. The molecule has 24 heavy (non-hydrogen) atoms. The van der Waals surface area contributed by atoms with E-state index in [-0.39, 0.29) is 30.3 Å². The molecular weight excluding hydrogens is 328 g/mol. The van der Waals surface area contributed by atoms with Crippen LogP contribution < -0.4 is 10.6 Å². The maximum atomic E-state index is 12.4. The number of carbonyl (C=O) groups is 2. The lowest BCUT2D eigenvalue weighted by Crippen LogP contribution is -2.50. The first-order chi connectivity index (χ1) is 11.5. The van der Waals surface area contributed by atoms with E-state index in [2.05, 4.69) is 15.6 Å². The minimum Gasteiger partial charge on any atom is -0.351 e. The zero-order chi connectivity index (χ0) is 17.1. The predicted molar refractivity (Wildman–Crippen MR) is 90.4 cm³/mol. The van der Waals surface area contributed by atoms with Crippen molar-refractivity contribution in [2.75, 3.05) is 0 Å². The fourth-order valence-corrected chi connectivity index (χ4v) is 3.21. The summed E-state index contributed by atoms with van der Waals surface area (Å²) in [5.74, 6) is -0.105.